The normalized spacial score (nSPS) is 17.3. The molecule has 1 heterocycles. The van der Waals surface area contributed by atoms with Gasteiger partial charge in [-0.3, -0.25) is 0 Å². The Morgan fingerprint density at radius 1 is 1.15 bits per heavy atom. The Balaban J connectivity index is 2.19. The van der Waals surface area contributed by atoms with Crippen LogP contribution in [0.5, 0.6) is 0 Å². The van der Waals surface area contributed by atoms with Gasteiger partial charge in [0.2, 0.25) is 0 Å². The third-order valence-corrected chi connectivity index (χ3v) is 3.57. The molecule has 5 nitrogen and oxygen atoms in total. The molecule has 0 aliphatic carbocycles. The highest BCUT2D eigenvalue weighted by Gasteiger charge is 2.38. The lowest BCUT2D eigenvalue weighted by atomic mass is 10.2. The van der Waals surface area contributed by atoms with Crippen LogP contribution >= 0.6 is 31.9 Å². The predicted molar refractivity (Wildman–Crippen MR) is 79.8 cm³/mol. The van der Waals surface area contributed by atoms with Crippen LogP contribution in [0.1, 0.15) is 13.8 Å². The molecule has 1 saturated heterocycles. The van der Waals surface area contributed by atoms with Gasteiger partial charge in [-0.05, 0) is 34.1 Å². The molecule has 0 unspecified atom stereocenters. The van der Waals surface area contributed by atoms with Crippen molar-refractivity contribution in [3.8, 4) is 0 Å². The number of hydrogen-bond donors (Lipinski definition) is 1. The van der Waals surface area contributed by atoms with E-state index in [0.717, 1.165) is 8.95 Å². The maximum atomic E-state index is 11.7. The zero-order valence-corrected chi connectivity index (χ0v) is 13.9. The zero-order valence-electron chi connectivity index (χ0n) is 10.7. The number of benzene rings is 1. The van der Waals surface area contributed by atoms with Crippen LogP contribution in [-0.2, 0) is 19.1 Å². The maximum Gasteiger partial charge on any atom is 0.350 e. The number of carbonyl (C=O) groups is 2. The Hall–Kier alpha value is -1.34. The van der Waals surface area contributed by atoms with Gasteiger partial charge in [-0.1, -0.05) is 15.9 Å². The minimum absolute atomic E-state index is 0.181. The summed E-state index contributed by atoms with van der Waals surface area (Å²) in [5, 5.41) is 2.87. The van der Waals surface area contributed by atoms with Gasteiger partial charge in [0.1, 0.15) is 0 Å². The number of cyclic esters (lactones) is 2. The van der Waals surface area contributed by atoms with Crippen molar-refractivity contribution in [2.45, 2.75) is 19.6 Å². The molecule has 1 aromatic rings. The molecule has 0 atom stereocenters. The van der Waals surface area contributed by atoms with Crippen LogP contribution in [0, 0.1) is 0 Å². The van der Waals surface area contributed by atoms with E-state index in [1.165, 1.54) is 20.0 Å². The molecule has 1 aliphatic rings. The summed E-state index contributed by atoms with van der Waals surface area (Å²) in [6.07, 6.45) is 1.27. The third-order valence-electron chi connectivity index (χ3n) is 2.42. The molecular formula is C13H11Br2NO4. The predicted octanol–water partition coefficient (Wildman–Crippen LogP) is 3.34. The molecule has 1 N–H and O–H groups in total. The van der Waals surface area contributed by atoms with E-state index in [4.69, 9.17) is 9.47 Å². The molecule has 0 spiro atoms. The molecule has 0 aromatic heterocycles. The van der Waals surface area contributed by atoms with Gasteiger partial charge in [0.05, 0.1) is 5.69 Å². The number of halogens is 2. The summed E-state index contributed by atoms with van der Waals surface area (Å²) in [4.78, 5) is 23.5. The lowest BCUT2D eigenvalue weighted by molar-refractivity contribution is -0.222. The van der Waals surface area contributed by atoms with E-state index in [2.05, 4.69) is 37.2 Å². The summed E-state index contributed by atoms with van der Waals surface area (Å²) in [5.41, 5.74) is 0.519. The molecule has 0 saturated carbocycles. The zero-order chi connectivity index (χ0) is 14.9. The van der Waals surface area contributed by atoms with E-state index in [9.17, 15) is 9.59 Å². The van der Waals surface area contributed by atoms with Crippen molar-refractivity contribution >= 4 is 49.5 Å². The van der Waals surface area contributed by atoms with Crippen LogP contribution in [-0.4, -0.2) is 17.7 Å². The van der Waals surface area contributed by atoms with Gasteiger partial charge in [0, 0.05) is 29.0 Å². The molecule has 7 heteroatoms. The van der Waals surface area contributed by atoms with Crippen LogP contribution in [0.25, 0.3) is 0 Å². The monoisotopic (exact) mass is 403 g/mol. The first-order valence-electron chi connectivity index (χ1n) is 5.67. The molecule has 2 rings (SSSR count). The number of carbonyl (C=O) groups excluding carboxylic acids is 2. The van der Waals surface area contributed by atoms with Gasteiger partial charge in [0.25, 0.3) is 5.79 Å². The highest BCUT2D eigenvalue weighted by Crippen LogP contribution is 2.27. The summed E-state index contributed by atoms with van der Waals surface area (Å²) in [6, 6.07) is 5.45. The molecule has 1 aliphatic heterocycles. The van der Waals surface area contributed by atoms with Gasteiger partial charge in [-0.15, -0.1) is 0 Å². The number of esters is 2. The summed E-state index contributed by atoms with van der Waals surface area (Å²) < 4.78 is 11.7. The van der Waals surface area contributed by atoms with Crippen LogP contribution in [0.3, 0.4) is 0 Å². The van der Waals surface area contributed by atoms with Crippen molar-refractivity contribution in [2.75, 3.05) is 5.32 Å². The van der Waals surface area contributed by atoms with Crippen LogP contribution < -0.4 is 5.32 Å². The average molecular weight is 405 g/mol. The highest BCUT2D eigenvalue weighted by atomic mass is 79.9. The van der Waals surface area contributed by atoms with Gasteiger partial charge < -0.3 is 14.8 Å². The standard InChI is InChI=1S/C13H11Br2NO4/c1-13(2)19-11(17)8(12(18)20-13)6-16-10-4-3-7(14)5-9(10)15/h3-6,16H,1-2H3. The fourth-order valence-corrected chi connectivity index (χ4v) is 2.70. The first-order valence-corrected chi connectivity index (χ1v) is 7.25. The van der Waals surface area contributed by atoms with Crippen molar-refractivity contribution in [2.24, 2.45) is 0 Å². The molecule has 0 bridgehead atoms. The molecule has 0 radical (unpaired) electrons. The Morgan fingerprint density at radius 3 is 2.30 bits per heavy atom. The van der Waals surface area contributed by atoms with Crippen LogP contribution in [0.4, 0.5) is 5.69 Å². The second-order valence-corrected chi connectivity index (χ2v) is 6.28. The van der Waals surface area contributed by atoms with E-state index >= 15 is 0 Å². The van der Waals surface area contributed by atoms with Gasteiger partial charge in [-0.25, -0.2) is 9.59 Å². The first kappa shape index (κ1) is 15.1. The summed E-state index contributed by atoms with van der Waals surface area (Å²) in [6.45, 7) is 3.00. The fraction of sp³-hybridized carbons (Fsp3) is 0.231. The van der Waals surface area contributed by atoms with Crippen molar-refractivity contribution in [1.82, 2.24) is 0 Å². The van der Waals surface area contributed by atoms with E-state index in [1.54, 1.807) is 6.07 Å². The van der Waals surface area contributed by atoms with Crippen molar-refractivity contribution < 1.29 is 19.1 Å². The van der Waals surface area contributed by atoms with Crippen LogP contribution in [0.15, 0.2) is 38.9 Å². The minimum atomic E-state index is -1.23. The van der Waals surface area contributed by atoms with Crippen molar-refractivity contribution in [3.05, 3.63) is 38.9 Å². The van der Waals surface area contributed by atoms with E-state index < -0.39 is 17.7 Å². The highest BCUT2D eigenvalue weighted by molar-refractivity contribution is 9.11. The number of nitrogens with one attached hydrogen (secondary N) is 1. The Morgan fingerprint density at radius 2 is 1.75 bits per heavy atom. The van der Waals surface area contributed by atoms with Gasteiger partial charge in [0.15, 0.2) is 5.57 Å². The maximum absolute atomic E-state index is 11.7. The van der Waals surface area contributed by atoms with E-state index in [0.29, 0.717) is 5.69 Å². The van der Waals surface area contributed by atoms with Crippen LogP contribution in [0.2, 0.25) is 0 Å². The molecule has 106 valence electrons. The lowest BCUT2D eigenvalue weighted by Crippen LogP contribution is -2.42. The number of hydrogen-bond acceptors (Lipinski definition) is 5. The third kappa shape index (κ3) is 3.40. The Kier molecular flexibility index (Phi) is 4.19. The molecule has 0 amide bonds. The van der Waals surface area contributed by atoms with E-state index in [-0.39, 0.29) is 5.57 Å². The SMILES string of the molecule is CC1(C)OC(=O)C(=CNc2ccc(Br)cc2Br)C(=O)O1. The lowest BCUT2D eigenvalue weighted by Gasteiger charge is -2.29. The number of rotatable bonds is 2. The first-order chi connectivity index (χ1) is 9.28. The minimum Gasteiger partial charge on any atom is -0.419 e. The largest absolute Gasteiger partial charge is 0.419 e. The molecule has 1 fully saturated rings. The van der Waals surface area contributed by atoms with Gasteiger partial charge in [-0.2, -0.15) is 0 Å². The van der Waals surface area contributed by atoms with Crippen molar-refractivity contribution in [3.63, 3.8) is 0 Å². The van der Waals surface area contributed by atoms with Crippen molar-refractivity contribution in [1.29, 1.82) is 0 Å². The summed E-state index contributed by atoms with van der Waals surface area (Å²) in [5.74, 6) is -2.66. The topological polar surface area (TPSA) is 64.6 Å². The average Bonchev–Trinajstić information content (AvgIpc) is 2.28. The second-order valence-electron chi connectivity index (χ2n) is 4.51. The smallest absolute Gasteiger partial charge is 0.350 e. The summed E-state index contributed by atoms with van der Waals surface area (Å²) >= 11 is 6.70. The Labute approximate surface area is 132 Å². The number of ether oxygens (including phenoxy) is 2. The van der Waals surface area contributed by atoms with Gasteiger partial charge >= 0.3 is 11.9 Å². The molecule has 20 heavy (non-hydrogen) atoms. The van der Waals surface area contributed by atoms with E-state index in [1.807, 2.05) is 12.1 Å². The second kappa shape index (κ2) is 5.57. The quantitative estimate of drug-likeness (QED) is 0.465. The molecule has 1 aromatic carbocycles. The number of anilines is 1. The summed E-state index contributed by atoms with van der Waals surface area (Å²) in [7, 11) is 0. The Bertz CT molecular complexity index is 588. The molecular weight excluding hydrogens is 394 g/mol. The fourth-order valence-electron chi connectivity index (χ4n) is 1.53.